The first-order chi connectivity index (χ1) is 18.3. The number of hydrogen-bond acceptors (Lipinski definition) is 4. The number of carbonyl (C=O) groups is 2. The maximum absolute atomic E-state index is 12.2. The molecule has 1 rings (SSSR count). The average Bonchev–Trinajstić information content (AvgIpc) is 2.93. The zero-order valence-electron chi connectivity index (χ0n) is 24.4. The fourth-order valence-corrected chi connectivity index (χ4v) is 3.58. The highest BCUT2D eigenvalue weighted by Crippen LogP contribution is 2.11. The number of piperidine rings is 1. The van der Waals surface area contributed by atoms with Crippen molar-refractivity contribution in [3.05, 3.63) is 85.3 Å². The van der Waals surface area contributed by atoms with Gasteiger partial charge in [0.25, 0.3) is 0 Å². The van der Waals surface area contributed by atoms with Gasteiger partial charge in [-0.1, -0.05) is 76.5 Å². The van der Waals surface area contributed by atoms with Gasteiger partial charge in [0.05, 0.1) is 6.61 Å². The van der Waals surface area contributed by atoms with Gasteiger partial charge in [-0.25, -0.2) is 0 Å². The van der Waals surface area contributed by atoms with Gasteiger partial charge in [-0.15, -0.1) is 11.6 Å². The fraction of sp³-hybridized carbons (Fsp3) is 0.500. The molecule has 1 amide bonds. The Balaban J connectivity index is 0. The second-order valence-corrected chi connectivity index (χ2v) is 8.68. The molecule has 1 heterocycles. The van der Waals surface area contributed by atoms with E-state index >= 15 is 0 Å². The molecular weight excluding hydrogens is 496 g/mol. The maximum Gasteiger partial charge on any atom is 0.220 e. The number of amides is 1. The molecule has 0 aliphatic carbocycles. The van der Waals surface area contributed by atoms with E-state index in [2.05, 4.69) is 49.0 Å². The van der Waals surface area contributed by atoms with Crippen molar-refractivity contribution in [3.63, 3.8) is 0 Å². The molecule has 0 aromatic heterocycles. The third-order valence-corrected chi connectivity index (χ3v) is 5.97. The Morgan fingerprint density at radius 3 is 2.26 bits per heavy atom. The Bertz CT molecular complexity index is 811. The molecule has 0 spiro atoms. The molecule has 0 saturated carbocycles. The van der Waals surface area contributed by atoms with Gasteiger partial charge in [0.15, 0.2) is 5.78 Å². The van der Waals surface area contributed by atoms with Gasteiger partial charge >= 0.3 is 0 Å². The Hall–Kier alpha value is -2.63. The van der Waals surface area contributed by atoms with E-state index in [1.54, 1.807) is 30.4 Å². The molecule has 1 fully saturated rings. The third kappa shape index (κ3) is 20.4. The van der Waals surface area contributed by atoms with Crippen LogP contribution in [0.15, 0.2) is 85.3 Å². The van der Waals surface area contributed by atoms with Crippen LogP contribution in [0.2, 0.25) is 0 Å². The van der Waals surface area contributed by atoms with Gasteiger partial charge in [0, 0.05) is 43.6 Å². The number of nitrogens with zero attached hydrogens (tertiary/aromatic N) is 1. The topological polar surface area (TPSA) is 58.6 Å². The SMILES string of the molecule is C/C=C(/CC)CCl.C=C/C=C/CN1CCC(NC(=O)CCCOC(/C=C\C(=C)C(C)=O)=C/C=C)CC1.CC. The number of rotatable bonds is 15. The van der Waals surface area contributed by atoms with Gasteiger partial charge in [-0.2, -0.15) is 0 Å². The second-order valence-electron chi connectivity index (χ2n) is 8.41. The number of likely N-dealkylation sites (tertiary alicyclic amines) is 1. The van der Waals surface area contributed by atoms with Crippen molar-refractivity contribution in [2.75, 3.05) is 32.1 Å². The van der Waals surface area contributed by atoms with Gasteiger partial charge in [-0.3, -0.25) is 14.5 Å². The molecule has 0 unspecified atom stereocenters. The standard InChI is InChI=1S/C24H34N2O3.C6H11Cl.C2H6/c1-5-7-8-16-26-17-14-22(15-18-26)25-24(28)11-9-19-29-23(10-6-2)13-12-20(3)21(4)27;1-3-6(4-2)5-7;1-2/h5-8,10,12-13,22H,1-3,9,11,14-19H2,4H3,(H,25,28);3H,4-5H2,1-2H3;1-2H3/b8-7+,13-12-,23-10+;6-3-;. The van der Waals surface area contributed by atoms with Crippen molar-refractivity contribution in [1.82, 2.24) is 10.2 Å². The number of nitrogens with one attached hydrogen (secondary N) is 1. The number of allylic oxidation sites excluding steroid dienone is 9. The minimum atomic E-state index is -0.0880. The molecule has 38 heavy (non-hydrogen) atoms. The number of ketones is 1. The van der Waals surface area contributed by atoms with E-state index in [1.165, 1.54) is 12.5 Å². The Morgan fingerprint density at radius 1 is 1.13 bits per heavy atom. The number of ether oxygens (including phenoxy) is 1. The van der Waals surface area contributed by atoms with Gasteiger partial charge in [0.2, 0.25) is 5.91 Å². The van der Waals surface area contributed by atoms with E-state index in [-0.39, 0.29) is 17.7 Å². The van der Waals surface area contributed by atoms with Crippen LogP contribution in [0.4, 0.5) is 0 Å². The molecule has 1 saturated heterocycles. The smallest absolute Gasteiger partial charge is 0.220 e. The molecule has 1 aliphatic heterocycles. The summed E-state index contributed by atoms with van der Waals surface area (Å²) in [5.41, 5.74) is 1.73. The van der Waals surface area contributed by atoms with Gasteiger partial charge < -0.3 is 10.1 Å². The summed E-state index contributed by atoms with van der Waals surface area (Å²) < 4.78 is 5.66. The van der Waals surface area contributed by atoms with Crippen molar-refractivity contribution in [3.8, 4) is 0 Å². The molecule has 0 atom stereocenters. The molecule has 0 aromatic rings. The zero-order chi connectivity index (χ0) is 29.2. The Kier molecular flexibility index (Phi) is 25.7. The maximum atomic E-state index is 12.2. The van der Waals surface area contributed by atoms with Crippen molar-refractivity contribution >= 4 is 23.3 Å². The van der Waals surface area contributed by atoms with E-state index in [0.717, 1.165) is 38.9 Å². The number of carbonyl (C=O) groups excluding carboxylic acids is 2. The van der Waals surface area contributed by atoms with Gasteiger partial charge in [-0.05, 0) is 57.8 Å². The Labute approximate surface area is 237 Å². The lowest BCUT2D eigenvalue weighted by atomic mass is 10.0. The summed E-state index contributed by atoms with van der Waals surface area (Å²) in [6, 6.07) is 0.250. The van der Waals surface area contributed by atoms with Crippen LogP contribution in [0.1, 0.15) is 66.7 Å². The summed E-state index contributed by atoms with van der Waals surface area (Å²) in [7, 11) is 0. The van der Waals surface area contributed by atoms with Crippen molar-refractivity contribution in [1.29, 1.82) is 0 Å². The fourth-order valence-electron chi connectivity index (χ4n) is 3.23. The first-order valence-electron chi connectivity index (χ1n) is 13.6. The lowest BCUT2D eigenvalue weighted by Crippen LogP contribution is -2.44. The summed E-state index contributed by atoms with van der Waals surface area (Å²) in [5, 5.41) is 3.12. The molecule has 1 N–H and O–H groups in total. The summed E-state index contributed by atoms with van der Waals surface area (Å²) in [6.45, 7) is 23.9. The molecule has 214 valence electrons. The highest BCUT2D eigenvalue weighted by atomic mass is 35.5. The molecular formula is C32H51ClN2O3. The first kappa shape index (κ1) is 37.5. The highest BCUT2D eigenvalue weighted by molar-refractivity contribution is 6.19. The van der Waals surface area contributed by atoms with Crippen LogP contribution in [-0.4, -0.2) is 54.8 Å². The average molecular weight is 547 g/mol. The summed E-state index contributed by atoms with van der Waals surface area (Å²) in [4.78, 5) is 25.7. The van der Waals surface area contributed by atoms with Crippen LogP contribution in [-0.2, 0) is 14.3 Å². The third-order valence-electron chi connectivity index (χ3n) is 5.62. The molecule has 5 nitrogen and oxygen atoms in total. The molecule has 0 radical (unpaired) electrons. The minimum Gasteiger partial charge on any atom is -0.494 e. The lowest BCUT2D eigenvalue weighted by Gasteiger charge is -2.31. The van der Waals surface area contributed by atoms with E-state index < -0.39 is 0 Å². The van der Waals surface area contributed by atoms with Crippen LogP contribution < -0.4 is 5.32 Å². The number of Topliss-reactive ketones (excluding diaryl/α,β-unsaturated/α-hetero) is 1. The first-order valence-corrected chi connectivity index (χ1v) is 14.2. The Morgan fingerprint density at radius 2 is 1.79 bits per heavy atom. The van der Waals surface area contributed by atoms with Crippen molar-refractivity contribution in [2.45, 2.75) is 72.8 Å². The summed E-state index contributed by atoms with van der Waals surface area (Å²) in [6.07, 6.45) is 18.6. The molecule has 1 aliphatic rings. The number of alkyl halides is 1. The normalized spacial score (nSPS) is 14.7. The predicted molar refractivity (Wildman–Crippen MR) is 165 cm³/mol. The van der Waals surface area contributed by atoms with E-state index in [4.69, 9.17) is 16.3 Å². The minimum absolute atomic E-state index is 0.0633. The van der Waals surface area contributed by atoms with Crippen molar-refractivity contribution < 1.29 is 14.3 Å². The van der Waals surface area contributed by atoms with Crippen LogP contribution in [0, 0.1) is 0 Å². The van der Waals surface area contributed by atoms with E-state index in [9.17, 15) is 9.59 Å². The number of halogens is 1. The summed E-state index contributed by atoms with van der Waals surface area (Å²) >= 11 is 5.50. The molecule has 0 aromatic carbocycles. The lowest BCUT2D eigenvalue weighted by molar-refractivity contribution is -0.122. The second kappa shape index (κ2) is 26.0. The predicted octanol–water partition coefficient (Wildman–Crippen LogP) is 7.49. The molecule has 6 heteroatoms. The monoisotopic (exact) mass is 546 g/mol. The van der Waals surface area contributed by atoms with E-state index in [0.29, 0.717) is 36.7 Å². The largest absolute Gasteiger partial charge is 0.494 e. The van der Waals surface area contributed by atoms with Crippen molar-refractivity contribution in [2.24, 2.45) is 0 Å². The number of hydrogen-bond donors (Lipinski definition) is 1. The quantitative estimate of drug-likeness (QED) is 0.0577. The highest BCUT2D eigenvalue weighted by Gasteiger charge is 2.19. The van der Waals surface area contributed by atoms with Crippen LogP contribution >= 0.6 is 11.6 Å². The van der Waals surface area contributed by atoms with Crippen LogP contribution in [0.5, 0.6) is 0 Å². The van der Waals surface area contributed by atoms with E-state index in [1.807, 2.05) is 26.8 Å². The zero-order valence-corrected chi connectivity index (χ0v) is 25.2. The van der Waals surface area contributed by atoms with Crippen LogP contribution in [0.25, 0.3) is 0 Å². The van der Waals surface area contributed by atoms with Crippen LogP contribution in [0.3, 0.4) is 0 Å². The van der Waals surface area contributed by atoms with Gasteiger partial charge in [0.1, 0.15) is 5.76 Å². The molecule has 0 bridgehead atoms. The summed E-state index contributed by atoms with van der Waals surface area (Å²) in [5.74, 6) is 1.25.